The molecule has 0 atom stereocenters. The van der Waals surface area contributed by atoms with Crippen LogP contribution in [-0.4, -0.2) is 17.7 Å². The minimum absolute atomic E-state index is 0.0875. The molecule has 3 saturated carbocycles. The number of ether oxygens (including phenoxy) is 1. The molecule has 17 heavy (non-hydrogen) atoms. The molecule has 0 radical (unpaired) electrons. The highest BCUT2D eigenvalue weighted by Crippen LogP contribution is 2.74. The predicted octanol–water partition coefficient (Wildman–Crippen LogP) is 2.59. The summed E-state index contributed by atoms with van der Waals surface area (Å²) >= 11 is 0. The average molecular weight is 232 g/mol. The highest BCUT2D eigenvalue weighted by molar-refractivity contribution is 5.81. The van der Waals surface area contributed by atoms with E-state index in [1.165, 1.54) is 5.56 Å². The number of hydrogen-bond acceptors (Lipinski definition) is 2. The molecule has 0 aliphatic heterocycles. The van der Waals surface area contributed by atoms with Crippen molar-refractivity contribution in [2.45, 2.75) is 31.6 Å². The molecule has 0 unspecified atom stereocenters. The fourth-order valence-corrected chi connectivity index (χ4v) is 3.49. The van der Waals surface area contributed by atoms with E-state index >= 15 is 0 Å². The molecule has 3 aliphatic rings. The van der Waals surface area contributed by atoms with Gasteiger partial charge in [-0.25, -0.2) is 0 Å². The van der Waals surface area contributed by atoms with Gasteiger partial charge in [0.2, 0.25) is 0 Å². The molecule has 1 aromatic rings. The Morgan fingerprint density at radius 1 is 1.35 bits per heavy atom. The second-order valence-corrected chi connectivity index (χ2v) is 5.33. The molecule has 4 rings (SSSR count). The van der Waals surface area contributed by atoms with Crippen LogP contribution in [-0.2, 0) is 10.2 Å². The van der Waals surface area contributed by atoms with Crippen LogP contribution in [0.5, 0.6) is 5.75 Å². The Hall–Kier alpha value is -1.51. The number of para-hydroxylation sites is 1. The molecule has 1 aromatic carbocycles. The van der Waals surface area contributed by atoms with Crippen LogP contribution in [0.2, 0.25) is 0 Å². The maximum atomic E-state index is 11.1. The molecule has 0 aromatic heterocycles. The van der Waals surface area contributed by atoms with Gasteiger partial charge in [0.1, 0.15) is 5.75 Å². The summed E-state index contributed by atoms with van der Waals surface area (Å²) < 4.78 is 5.63. The minimum Gasteiger partial charge on any atom is -0.494 e. The third-order valence-corrected chi connectivity index (χ3v) is 4.24. The van der Waals surface area contributed by atoms with Crippen molar-refractivity contribution in [3.8, 4) is 5.75 Å². The van der Waals surface area contributed by atoms with E-state index in [9.17, 15) is 4.79 Å². The second-order valence-electron chi connectivity index (χ2n) is 5.33. The first-order valence-corrected chi connectivity index (χ1v) is 6.08. The van der Waals surface area contributed by atoms with E-state index in [1.807, 2.05) is 25.1 Å². The van der Waals surface area contributed by atoms with E-state index in [1.54, 1.807) is 0 Å². The van der Waals surface area contributed by atoms with Gasteiger partial charge >= 0.3 is 5.97 Å². The Kier molecular flexibility index (Phi) is 2.03. The zero-order valence-electron chi connectivity index (χ0n) is 9.90. The maximum Gasteiger partial charge on any atom is 0.309 e. The first kappa shape index (κ1) is 10.6. The summed E-state index contributed by atoms with van der Waals surface area (Å²) in [5.74, 6) is 0.293. The lowest BCUT2D eigenvalue weighted by Gasteiger charge is -2.68. The number of carbonyl (C=O) groups is 1. The van der Waals surface area contributed by atoms with E-state index < -0.39 is 11.4 Å². The predicted molar refractivity (Wildman–Crippen MR) is 63.2 cm³/mol. The van der Waals surface area contributed by atoms with Crippen LogP contribution in [0.4, 0.5) is 0 Å². The maximum absolute atomic E-state index is 11.1. The molecule has 0 heterocycles. The zero-order chi connectivity index (χ0) is 12.1. The van der Waals surface area contributed by atoms with Gasteiger partial charge in [0.05, 0.1) is 12.0 Å². The number of benzene rings is 1. The summed E-state index contributed by atoms with van der Waals surface area (Å²) in [7, 11) is 0. The molecule has 90 valence electrons. The minimum atomic E-state index is -0.631. The van der Waals surface area contributed by atoms with Crippen LogP contribution >= 0.6 is 0 Å². The molecule has 3 fully saturated rings. The summed E-state index contributed by atoms with van der Waals surface area (Å²) in [4.78, 5) is 11.1. The van der Waals surface area contributed by atoms with Gasteiger partial charge in [0, 0.05) is 11.0 Å². The summed E-state index contributed by atoms with van der Waals surface area (Å²) in [5, 5.41) is 9.13. The number of hydrogen-bond donors (Lipinski definition) is 1. The van der Waals surface area contributed by atoms with Crippen LogP contribution in [0.15, 0.2) is 24.3 Å². The van der Waals surface area contributed by atoms with Gasteiger partial charge in [0.25, 0.3) is 0 Å². The van der Waals surface area contributed by atoms with Gasteiger partial charge in [-0.1, -0.05) is 18.2 Å². The Balaban J connectivity index is 1.86. The van der Waals surface area contributed by atoms with Gasteiger partial charge in [-0.2, -0.15) is 0 Å². The monoisotopic (exact) mass is 232 g/mol. The molecule has 3 aliphatic carbocycles. The fourth-order valence-electron chi connectivity index (χ4n) is 3.49. The third kappa shape index (κ3) is 1.25. The summed E-state index contributed by atoms with van der Waals surface area (Å²) in [5.41, 5.74) is 0.869. The lowest BCUT2D eigenvalue weighted by molar-refractivity contribution is -0.194. The van der Waals surface area contributed by atoms with Gasteiger partial charge in [-0.15, -0.1) is 0 Å². The number of rotatable bonds is 4. The SMILES string of the molecule is CCOc1ccccc1C12CC(C(=O)O)(C1)C2. The van der Waals surface area contributed by atoms with Crippen molar-refractivity contribution in [3.05, 3.63) is 29.8 Å². The lowest BCUT2D eigenvalue weighted by atomic mass is 9.33. The van der Waals surface area contributed by atoms with Crippen LogP contribution in [0.25, 0.3) is 0 Å². The highest BCUT2D eigenvalue weighted by atomic mass is 16.5. The van der Waals surface area contributed by atoms with E-state index in [0.717, 1.165) is 25.0 Å². The molecular weight excluding hydrogens is 216 g/mol. The molecule has 2 bridgehead atoms. The Morgan fingerprint density at radius 2 is 2.00 bits per heavy atom. The molecule has 0 spiro atoms. The van der Waals surface area contributed by atoms with Crippen molar-refractivity contribution in [2.75, 3.05) is 6.61 Å². The molecule has 3 heteroatoms. The van der Waals surface area contributed by atoms with Crippen molar-refractivity contribution >= 4 is 5.97 Å². The van der Waals surface area contributed by atoms with E-state index in [2.05, 4.69) is 6.07 Å². The summed E-state index contributed by atoms with van der Waals surface area (Å²) in [6.45, 7) is 2.62. The molecule has 0 saturated heterocycles. The van der Waals surface area contributed by atoms with Gasteiger partial charge in [-0.05, 0) is 32.3 Å². The average Bonchev–Trinajstić information content (AvgIpc) is 2.16. The highest BCUT2D eigenvalue weighted by Gasteiger charge is 2.72. The van der Waals surface area contributed by atoms with Gasteiger partial charge in [-0.3, -0.25) is 4.79 Å². The molecule has 1 N–H and O–H groups in total. The largest absolute Gasteiger partial charge is 0.494 e. The van der Waals surface area contributed by atoms with Crippen molar-refractivity contribution in [2.24, 2.45) is 5.41 Å². The van der Waals surface area contributed by atoms with Crippen molar-refractivity contribution < 1.29 is 14.6 Å². The Labute approximate surface area is 100 Å². The van der Waals surface area contributed by atoms with Crippen molar-refractivity contribution in [3.63, 3.8) is 0 Å². The summed E-state index contributed by atoms with van der Waals surface area (Å²) in [6, 6.07) is 8.03. The van der Waals surface area contributed by atoms with Crippen LogP contribution in [0.3, 0.4) is 0 Å². The second kappa shape index (κ2) is 3.25. The third-order valence-electron chi connectivity index (χ3n) is 4.24. The standard InChI is InChI=1S/C14H16O3/c1-2-17-11-6-4-3-5-10(11)13-7-14(8-13,9-13)12(15)16/h3-6H,2,7-9H2,1H3,(H,15,16). The zero-order valence-corrected chi connectivity index (χ0v) is 9.90. The number of carboxylic acid groups (broad SMARTS) is 1. The van der Waals surface area contributed by atoms with Crippen molar-refractivity contribution in [1.29, 1.82) is 0 Å². The van der Waals surface area contributed by atoms with Crippen LogP contribution < -0.4 is 4.74 Å². The van der Waals surface area contributed by atoms with E-state index in [-0.39, 0.29) is 5.41 Å². The summed E-state index contributed by atoms with van der Waals surface area (Å²) in [6.07, 6.45) is 2.33. The normalized spacial score (nSPS) is 33.5. The lowest BCUT2D eigenvalue weighted by Crippen LogP contribution is -2.67. The molecule has 0 amide bonds. The first-order valence-electron chi connectivity index (χ1n) is 6.08. The van der Waals surface area contributed by atoms with Crippen molar-refractivity contribution in [1.82, 2.24) is 0 Å². The smallest absolute Gasteiger partial charge is 0.309 e. The first-order chi connectivity index (χ1) is 8.12. The van der Waals surface area contributed by atoms with Crippen LogP contribution in [0, 0.1) is 5.41 Å². The fraction of sp³-hybridized carbons (Fsp3) is 0.500. The molecular formula is C14H16O3. The number of carboxylic acids is 1. The van der Waals surface area contributed by atoms with Gasteiger partial charge in [0.15, 0.2) is 0 Å². The molecule has 3 nitrogen and oxygen atoms in total. The topological polar surface area (TPSA) is 46.5 Å². The quantitative estimate of drug-likeness (QED) is 0.867. The van der Waals surface area contributed by atoms with E-state index in [4.69, 9.17) is 9.84 Å². The Morgan fingerprint density at radius 3 is 2.59 bits per heavy atom. The Bertz CT molecular complexity index is 458. The number of aliphatic carboxylic acids is 1. The van der Waals surface area contributed by atoms with Crippen LogP contribution in [0.1, 0.15) is 31.7 Å². The van der Waals surface area contributed by atoms with E-state index in [0.29, 0.717) is 6.61 Å². The van der Waals surface area contributed by atoms with Gasteiger partial charge < -0.3 is 9.84 Å².